The molecule has 0 radical (unpaired) electrons. The van der Waals surface area contributed by atoms with E-state index in [9.17, 15) is 9.59 Å². The van der Waals surface area contributed by atoms with Crippen molar-refractivity contribution in [2.24, 2.45) is 0 Å². The van der Waals surface area contributed by atoms with E-state index in [4.69, 9.17) is 9.47 Å². The first-order valence-electron chi connectivity index (χ1n) is 8.97. The van der Waals surface area contributed by atoms with Gasteiger partial charge in [0.05, 0.1) is 20.3 Å². The Morgan fingerprint density at radius 2 is 1.70 bits per heavy atom. The second-order valence-electron chi connectivity index (χ2n) is 6.62. The van der Waals surface area contributed by atoms with E-state index in [1.165, 1.54) is 0 Å². The first-order valence-corrected chi connectivity index (χ1v) is 8.97. The Morgan fingerprint density at radius 3 is 2.33 bits per heavy atom. The molecule has 0 aliphatic heterocycles. The molecule has 2 aromatic carbocycles. The van der Waals surface area contributed by atoms with Crippen LogP contribution < -0.4 is 14.8 Å². The van der Waals surface area contributed by atoms with Gasteiger partial charge in [0.25, 0.3) is 0 Å². The van der Waals surface area contributed by atoms with Crippen LogP contribution in [0.2, 0.25) is 0 Å². The molecule has 0 heterocycles. The number of aryl methyl sites for hydroxylation is 2. The number of rotatable bonds is 8. The highest BCUT2D eigenvalue weighted by molar-refractivity contribution is 5.98. The highest BCUT2D eigenvalue weighted by Crippen LogP contribution is 2.29. The molecule has 1 atom stereocenters. The predicted octanol–water partition coefficient (Wildman–Crippen LogP) is 4.16. The monoisotopic (exact) mass is 369 g/mol. The number of carbonyl (C=O) groups is 2. The van der Waals surface area contributed by atoms with Crippen LogP contribution >= 0.6 is 0 Å². The van der Waals surface area contributed by atoms with Crippen molar-refractivity contribution in [2.45, 2.75) is 39.7 Å². The number of hydrogen-bond acceptors (Lipinski definition) is 4. The van der Waals surface area contributed by atoms with E-state index < -0.39 is 0 Å². The Labute approximate surface area is 160 Å². The van der Waals surface area contributed by atoms with Crippen LogP contribution in [-0.2, 0) is 4.79 Å². The van der Waals surface area contributed by atoms with Crippen LogP contribution in [0.15, 0.2) is 36.4 Å². The molecule has 1 N–H and O–H groups in total. The number of ether oxygens (including phenoxy) is 2. The maximum Gasteiger partial charge on any atom is 0.220 e. The van der Waals surface area contributed by atoms with E-state index in [2.05, 4.69) is 5.32 Å². The van der Waals surface area contributed by atoms with Crippen molar-refractivity contribution in [1.82, 2.24) is 5.32 Å². The summed E-state index contributed by atoms with van der Waals surface area (Å²) in [6, 6.07) is 10.8. The van der Waals surface area contributed by atoms with Gasteiger partial charge in [-0.3, -0.25) is 9.59 Å². The third kappa shape index (κ3) is 5.33. The predicted molar refractivity (Wildman–Crippen MR) is 106 cm³/mol. The minimum Gasteiger partial charge on any atom is -0.497 e. The molecule has 0 unspecified atom stereocenters. The van der Waals surface area contributed by atoms with Crippen molar-refractivity contribution >= 4 is 11.7 Å². The van der Waals surface area contributed by atoms with Crippen LogP contribution in [0.1, 0.15) is 52.9 Å². The summed E-state index contributed by atoms with van der Waals surface area (Å²) in [5.41, 5.74) is 3.69. The number of ketones is 1. The fourth-order valence-electron chi connectivity index (χ4n) is 2.86. The van der Waals surface area contributed by atoms with E-state index in [-0.39, 0.29) is 30.6 Å². The average Bonchev–Trinajstić information content (AvgIpc) is 2.67. The van der Waals surface area contributed by atoms with Crippen LogP contribution in [-0.4, -0.2) is 25.9 Å². The van der Waals surface area contributed by atoms with Gasteiger partial charge < -0.3 is 14.8 Å². The van der Waals surface area contributed by atoms with Gasteiger partial charge in [-0.2, -0.15) is 0 Å². The summed E-state index contributed by atoms with van der Waals surface area (Å²) in [7, 11) is 3.18. The molecule has 0 aromatic heterocycles. The molecule has 5 nitrogen and oxygen atoms in total. The smallest absolute Gasteiger partial charge is 0.220 e. The third-order valence-electron chi connectivity index (χ3n) is 4.69. The van der Waals surface area contributed by atoms with E-state index in [0.29, 0.717) is 17.1 Å². The lowest BCUT2D eigenvalue weighted by molar-refractivity contribution is -0.121. The molecule has 0 bridgehead atoms. The highest BCUT2D eigenvalue weighted by Gasteiger charge is 2.16. The molecule has 2 aromatic rings. The fraction of sp³-hybridized carbons (Fsp3) is 0.364. The van der Waals surface area contributed by atoms with Crippen LogP contribution in [0.5, 0.6) is 11.5 Å². The molecule has 0 aliphatic rings. The molecular weight excluding hydrogens is 342 g/mol. The van der Waals surface area contributed by atoms with Gasteiger partial charge in [-0.25, -0.2) is 0 Å². The van der Waals surface area contributed by atoms with Crippen LogP contribution in [0.4, 0.5) is 0 Å². The number of benzene rings is 2. The Morgan fingerprint density at radius 1 is 0.963 bits per heavy atom. The number of Topliss-reactive ketones (excluding diaryl/α,β-unsaturated/α-hetero) is 1. The molecule has 0 fully saturated rings. The molecular formula is C22H27NO4. The number of nitrogens with one attached hydrogen (secondary N) is 1. The maximum atomic E-state index is 12.3. The zero-order chi connectivity index (χ0) is 20.0. The average molecular weight is 369 g/mol. The first-order chi connectivity index (χ1) is 12.8. The number of carbonyl (C=O) groups excluding carboxylic acids is 2. The second kappa shape index (κ2) is 9.21. The molecule has 0 saturated heterocycles. The van der Waals surface area contributed by atoms with E-state index in [0.717, 1.165) is 16.7 Å². The number of methoxy groups -OCH3 is 2. The van der Waals surface area contributed by atoms with Crippen molar-refractivity contribution in [3.05, 3.63) is 58.7 Å². The number of hydrogen-bond donors (Lipinski definition) is 1. The van der Waals surface area contributed by atoms with Crippen molar-refractivity contribution in [3.63, 3.8) is 0 Å². The topological polar surface area (TPSA) is 64.6 Å². The van der Waals surface area contributed by atoms with Crippen LogP contribution in [0.3, 0.4) is 0 Å². The summed E-state index contributed by atoms with van der Waals surface area (Å²) >= 11 is 0. The summed E-state index contributed by atoms with van der Waals surface area (Å²) < 4.78 is 10.6. The summed E-state index contributed by atoms with van der Waals surface area (Å²) in [5.74, 6) is 1.16. The summed E-state index contributed by atoms with van der Waals surface area (Å²) in [6.07, 6.45) is 0.318. The van der Waals surface area contributed by atoms with Crippen molar-refractivity contribution in [1.29, 1.82) is 0 Å². The van der Waals surface area contributed by atoms with Gasteiger partial charge in [0.15, 0.2) is 5.78 Å². The van der Waals surface area contributed by atoms with Crippen molar-refractivity contribution < 1.29 is 19.1 Å². The third-order valence-corrected chi connectivity index (χ3v) is 4.69. The van der Waals surface area contributed by atoms with E-state index in [1.807, 2.05) is 45.0 Å². The minimum absolute atomic E-state index is 0.0279. The van der Waals surface area contributed by atoms with E-state index in [1.54, 1.807) is 26.4 Å². The molecule has 0 saturated carbocycles. The molecule has 5 heteroatoms. The van der Waals surface area contributed by atoms with E-state index >= 15 is 0 Å². The fourth-order valence-corrected chi connectivity index (χ4v) is 2.86. The van der Waals surface area contributed by atoms with Gasteiger partial charge >= 0.3 is 0 Å². The van der Waals surface area contributed by atoms with Crippen molar-refractivity contribution in [2.75, 3.05) is 14.2 Å². The molecule has 1 amide bonds. The summed E-state index contributed by atoms with van der Waals surface area (Å²) in [6.45, 7) is 5.85. The standard InChI is InChI=1S/C22H27NO4/c1-14-6-7-17(12-15(14)2)20(24)9-11-22(25)23-16(3)19-13-18(26-4)8-10-21(19)27-5/h6-8,10,12-13,16H,9,11H2,1-5H3,(H,23,25)/t16-/m0/s1. The quantitative estimate of drug-likeness (QED) is 0.710. The number of amides is 1. The Balaban J connectivity index is 1.97. The van der Waals surface area contributed by atoms with Gasteiger partial charge in [-0.1, -0.05) is 12.1 Å². The zero-order valence-corrected chi connectivity index (χ0v) is 16.6. The maximum absolute atomic E-state index is 12.3. The normalized spacial score (nSPS) is 11.6. The van der Waals surface area contributed by atoms with Gasteiger partial charge in [0.1, 0.15) is 11.5 Å². The molecule has 2 rings (SSSR count). The lowest BCUT2D eigenvalue weighted by atomic mass is 10.0. The van der Waals surface area contributed by atoms with Crippen LogP contribution in [0, 0.1) is 13.8 Å². The SMILES string of the molecule is COc1ccc(OC)c([C@H](C)NC(=O)CCC(=O)c2ccc(C)c(C)c2)c1. The lowest BCUT2D eigenvalue weighted by Gasteiger charge is -2.18. The zero-order valence-electron chi connectivity index (χ0n) is 16.6. The minimum atomic E-state index is -0.265. The Hall–Kier alpha value is -2.82. The molecule has 144 valence electrons. The summed E-state index contributed by atoms with van der Waals surface area (Å²) in [4.78, 5) is 24.6. The summed E-state index contributed by atoms with van der Waals surface area (Å²) in [5, 5.41) is 2.92. The van der Waals surface area contributed by atoms with Gasteiger partial charge in [0.2, 0.25) is 5.91 Å². The second-order valence-corrected chi connectivity index (χ2v) is 6.62. The van der Waals surface area contributed by atoms with Gasteiger partial charge in [0, 0.05) is 24.0 Å². The van der Waals surface area contributed by atoms with Crippen LogP contribution in [0.25, 0.3) is 0 Å². The van der Waals surface area contributed by atoms with Gasteiger partial charge in [-0.15, -0.1) is 0 Å². The van der Waals surface area contributed by atoms with Crippen molar-refractivity contribution in [3.8, 4) is 11.5 Å². The molecule has 0 aliphatic carbocycles. The largest absolute Gasteiger partial charge is 0.497 e. The lowest BCUT2D eigenvalue weighted by Crippen LogP contribution is -2.27. The van der Waals surface area contributed by atoms with Gasteiger partial charge in [-0.05, 0) is 56.2 Å². The molecule has 0 spiro atoms. The Kier molecular flexibility index (Phi) is 6.99. The Bertz CT molecular complexity index is 829. The first kappa shape index (κ1) is 20.5. The molecule has 27 heavy (non-hydrogen) atoms. The highest BCUT2D eigenvalue weighted by atomic mass is 16.5.